The number of aromatic nitrogens is 3. The summed E-state index contributed by atoms with van der Waals surface area (Å²) in [4.78, 5) is 4.08. The van der Waals surface area contributed by atoms with Gasteiger partial charge >= 0.3 is 0 Å². The van der Waals surface area contributed by atoms with Gasteiger partial charge in [0.1, 0.15) is 0 Å². The van der Waals surface area contributed by atoms with Crippen molar-refractivity contribution in [3.05, 3.63) is 84.3 Å². The zero-order valence-corrected chi connectivity index (χ0v) is 14.3. The summed E-state index contributed by atoms with van der Waals surface area (Å²) in [5.41, 5.74) is 9.42. The van der Waals surface area contributed by atoms with E-state index in [1.54, 1.807) is 12.4 Å². The maximum absolute atomic E-state index is 4.42. The molecule has 0 fully saturated rings. The van der Waals surface area contributed by atoms with Crippen molar-refractivity contribution in [1.29, 1.82) is 0 Å². The SMILES string of the molecule is Cc1cccc(-c2ccc(-c3c[nH]nc3-c3ccncc3)cc2)c1C. The highest BCUT2D eigenvalue weighted by atomic mass is 15.1. The molecule has 3 heteroatoms. The lowest BCUT2D eigenvalue weighted by Crippen LogP contribution is -1.87. The number of rotatable bonds is 3. The largest absolute Gasteiger partial charge is 0.284 e. The molecule has 0 amide bonds. The maximum atomic E-state index is 4.42. The van der Waals surface area contributed by atoms with Gasteiger partial charge < -0.3 is 0 Å². The molecule has 0 saturated heterocycles. The number of hydrogen-bond donors (Lipinski definition) is 1. The molecule has 0 saturated carbocycles. The summed E-state index contributed by atoms with van der Waals surface area (Å²) in [5, 5.41) is 7.40. The number of aryl methyl sites for hydroxylation is 1. The number of H-pyrrole nitrogens is 1. The van der Waals surface area contributed by atoms with Gasteiger partial charge in [-0.1, -0.05) is 42.5 Å². The normalized spacial score (nSPS) is 10.8. The third kappa shape index (κ3) is 2.85. The van der Waals surface area contributed by atoms with Crippen LogP contribution in [0.25, 0.3) is 33.5 Å². The van der Waals surface area contributed by atoms with Crippen LogP contribution in [0.5, 0.6) is 0 Å². The van der Waals surface area contributed by atoms with Crippen molar-refractivity contribution in [2.45, 2.75) is 13.8 Å². The number of hydrogen-bond acceptors (Lipinski definition) is 2. The van der Waals surface area contributed by atoms with Crippen LogP contribution in [0.3, 0.4) is 0 Å². The molecular formula is C22H19N3. The van der Waals surface area contributed by atoms with E-state index in [0.29, 0.717) is 0 Å². The Hall–Kier alpha value is -3.20. The summed E-state index contributed by atoms with van der Waals surface area (Å²) in [5.74, 6) is 0. The molecule has 0 aliphatic rings. The van der Waals surface area contributed by atoms with Crippen molar-refractivity contribution in [1.82, 2.24) is 15.2 Å². The Kier molecular flexibility index (Phi) is 3.90. The Balaban J connectivity index is 1.73. The number of aromatic amines is 1. The Bertz CT molecular complexity index is 999. The summed E-state index contributed by atoms with van der Waals surface area (Å²) >= 11 is 0. The van der Waals surface area contributed by atoms with E-state index in [4.69, 9.17) is 0 Å². The number of benzene rings is 2. The van der Waals surface area contributed by atoms with Crippen molar-refractivity contribution >= 4 is 0 Å². The minimum absolute atomic E-state index is 0.946. The van der Waals surface area contributed by atoms with E-state index in [1.165, 1.54) is 22.3 Å². The van der Waals surface area contributed by atoms with Gasteiger partial charge in [0.05, 0.1) is 5.69 Å². The highest BCUT2D eigenvalue weighted by Gasteiger charge is 2.11. The van der Waals surface area contributed by atoms with Gasteiger partial charge in [-0.3, -0.25) is 10.1 Å². The second-order valence-corrected chi connectivity index (χ2v) is 6.21. The molecule has 4 aromatic rings. The standard InChI is InChI=1S/C22H19N3/c1-15-4-3-5-20(16(15)2)17-6-8-18(9-7-17)21-14-24-25-22(21)19-10-12-23-13-11-19/h3-14H,1-2H3,(H,24,25). The Morgan fingerprint density at radius 1 is 0.720 bits per heavy atom. The summed E-state index contributed by atoms with van der Waals surface area (Å²) in [6.07, 6.45) is 5.53. The van der Waals surface area contributed by atoms with Crippen LogP contribution < -0.4 is 0 Å². The van der Waals surface area contributed by atoms with Gasteiger partial charge in [-0.2, -0.15) is 5.10 Å². The second-order valence-electron chi connectivity index (χ2n) is 6.21. The summed E-state index contributed by atoms with van der Waals surface area (Å²) in [6.45, 7) is 4.33. The van der Waals surface area contributed by atoms with Crippen molar-refractivity contribution in [3.8, 4) is 33.5 Å². The van der Waals surface area contributed by atoms with Crippen molar-refractivity contribution in [3.63, 3.8) is 0 Å². The lowest BCUT2D eigenvalue weighted by atomic mass is 9.95. The van der Waals surface area contributed by atoms with Gasteiger partial charge in [0.15, 0.2) is 0 Å². The van der Waals surface area contributed by atoms with Gasteiger partial charge in [0.25, 0.3) is 0 Å². The molecule has 0 aliphatic heterocycles. The van der Waals surface area contributed by atoms with E-state index < -0.39 is 0 Å². The van der Waals surface area contributed by atoms with Gasteiger partial charge in [-0.05, 0) is 53.8 Å². The zero-order valence-electron chi connectivity index (χ0n) is 14.3. The van der Waals surface area contributed by atoms with Gasteiger partial charge in [0, 0.05) is 29.7 Å². The fourth-order valence-electron chi connectivity index (χ4n) is 3.13. The average Bonchev–Trinajstić information content (AvgIpc) is 3.15. The van der Waals surface area contributed by atoms with Crippen LogP contribution in [-0.2, 0) is 0 Å². The summed E-state index contributed by atoms with van der Waals surface area (Å²) in [6, 6.07) is 19.1. The third-order valence-corrected chi connectivity index (χ3v) is 4.71. The fraction of sp³-hybridized carbons (Fsp3) is 0.0909. The summed E-state index contributed by atoms with van der Waals surface area (Å²) in [7, 11) is 0. The van der Waals surface area contributed by atoms with E-state index >= 15 is 0 Å². The third-order valence-electron chi connectivity index (χ3n) is 4.71. The first-order valence-electron chi connectivity index (χ1n) is 8.35. The van der Waals surface area contributed by atoms with Crippen molar-refractivity contribution in [2.75, 3.05) is 0 Å². The molecule has 2 aromatic heterocycles. The quantitative estimate of drug-likeness (QED) is 0.546. The molecule has 25 heavy (non-hydrogen) atoms. The molecule has 2 aromatic carbocycles. The van der Waals surface area contributed by atoms with Crippen LogP contribution in [0.15, 0.2) is 73.2 Å². The maximum Gasteiger partial charge on any atom is 0.1000 e. The lowest BCUT2D eigenvalue weighted by Gasteiger charge is -2.10. The molecule has 3 nitrogen and oxygen atoms in total. The topological polar surface area (TPSA) is 41.6 Å². The Morgan fingerprint density at radius 3 is 2.12 bits per heavy atom. The first kappa shape index (κ1) is 15.3. The molecule has 0 unspecified atom stereocenters. The lowest BCUT2D eigenvalue weighted by molar-refractivity contribution is 1.09. The van der Waals surface area contributed by atoms with Crippen LogP contribution in [0, 0.1) is 13.8 Å². The molecular weight excluding hydrogens is 306 g/mol. The van der Waals surface area contributed by atoms with Crippen LogP contribution in [0.4, 0.5) is 0 Å². The van der Waals surface area contributed by atoms with Crippen LogP contribution in [0.1, 0.15) is 11.1 Å². The van der Waals surface area contributed by atoms with Crippen LogP contribution in [0.2, 0.25) is 0 Å². The minimum Gasteiger partial charge on any atom is -0.284 e. The van der Waals surface area contributed by atoms with E-state index in [1.807, 2.05) is 18.3 Å². The fourth-order valence-corrected chi connectivity index (χ4v) is 3.13. The average molecular weight is 325 g/mol. The molecule has 0 bridgehead atoms. The molecule has 122 valence electrons. The van der Waals surface area contributed by atoms with Gasteiger partial charge in [-0.15, -0.1) is 0 Å². The smallest absolute Gasteiger partial charge is 0.1000 e. The van der Waals surface area contributed by atoms with E-state index in [-0.39, 0.29) is 0 Å². The highest BCUT2D eigenvalue weighted by Crippen LogP contribution is 2.32. The molecule has 0 atom stereocenters. The second kappa shape index (κ2) is 6.36. The van der Waals surface area contributed by atoms with E-state index in [0.717, 1.165) is 22.4 Å². The molecule has 0 radical (unpaired) electrons. The van der Waals surface area contributed by atoms with Crippen LogP contribution >= 0.6 is 0 Å². The Labute approximate surface area is 147 Å². The molecule has 0 spiro atoms. The van der Waals surface area contributed by atoms with Gasteiger partial charge in [-0.25, -0.2) is 0 Å². The number of nitrogens with one attached hydrogen (secondary N) is 1. The first-order chi connectivity index (χ1) is 12.2. The minimum atomic E-state index is 0.946. The predicted octanol–water partition coefficient (Wildman–Crippen LogP) is 5.42. The Morgan fingerprint density at radius 2 is 1.40 bits per heavy atom. The van der Waals surface area contributed by atoms with Crippen molar-refractivity contribution < 1.29 is 0 Å². The highest BCUT2D eigenvalue weighted by molar-refractivity contribution is 5.81. The molecule has 2 heterocycles. The summed E-state index contributed by atoms with van der Waals surface area (Å²) < 4.78 is 0. The predicted molar refractivity (Wildman–Crippen MR) is 102 cm³/mol. The van der Waals surface area contributed by atoms with Crippen molar-refractivity contribution in [2.24, 2.45) is 0 Å². The van der Waals surface area contributed by atoms with Crippen LogP contribution in [-0.4, -0.2) is 15.2 Å². The van der Waals surface area contributed by atoms with Gasteiger partial charge in [0.2, 0.25) is 0 Å². The van der Waals surface area contributed by atoms with E-state index in [9.17, 15) is 0 Å². The number of nitrogens with zero attached hydrogens (tertiary/aromatic N) is 2. The monoisotopic (exact) mass is 325 g/mol. The molecule has 4 rings (SSSR count). The molecule has 0 aliphatic carbocycles. The molecule has 1 N–H and O–H groups in total. The van der Waals surface area contributed by atoms with E-state index in [2.05, 4.69) is 71.5 Å². The first-order valence-corrected chi connectivity index (χ1v) is 8.35. The zero-order chi connectivity index (χ0) is 17.2. The number of pyridine rings is 1.